The van der Waals surface area contributed by atoms with Gasteiger partial charge in [0.05, 0.1) is 6.04 Å². The minimum atomic E-state index is -1.51. The minimum Gasteiger partial charge on any atom is -0.401 e. The summed E-state index contributed by atoms with van der Waals surface area (Å²) in [5.41, 5.74) is 25.0. The van der Waals surface area contributed by atoms with E-state index >= 15 is 0 Å². The number of aromatic nitrogens is 1. The van der Waals surface area contributed by atoms with Crippen LogP contribution in [0.25, 0.3) is 10.9 Å². The molecule has 0 spiro atoms. The summed E-state index contributed by atoms with van der Waals surface area (Å²) in [5, 5.41) is 43.2. The van der Waals surface area contributed by atoms with Crippen LogP contribution in [-0.2, 0) is 51.2 Å². The highest BCUT2D eigenvalue weighted by Crippen LogP contribution is 2.23. The summed E-state index contributed by atoms with van der Waals surface area (Å²) in [6, 6.07) is 2.80. The molecule has 1 aromatic heterocycles. The van der Waals surface area contributed by atoms with Gasteiger partial charge in [-0.2, -0.15) is 0 Å². The highest BCUT2D eigenvalue weighted by atomic mass is 35.5. The summed E-state index contributed by atoms with van der Waals surface area (Å²) in [6.45, 7) is 5.29. The molecule has 1 saturated heterocycles. The Morgan fingerprint density at radius 3 is 1.99 bits per heavy atom. The number of hydrogen-bond donors (Lipinski definition) is 17. The molecule has 3 aromatic rings. The van der Waals surface area contributed by atoms with Gasteiger partial charge in [0.15, 0.2) is 11.9 Å². The number of para-hydroxylation sites is 1. The molecule has 0 aliphatic carbocycles. The van der Waals surface area contributed by atoms with Gasteiger partial charge in [0.2, 0.25) is 47.3 Å². The molecule has 25 nitrogen and oxygen atoms in total. The fourth-order valence-corrected chi connectivity index (χ4v) is 8.76. The minimum absolute atomic E-state index is 0.0239. The van der Waals surface area contributed by atoms with E-state index < -0.39 is 89.6 Å². The van der Waals surface area contributed by atoms with E-state index in [0.29, 0.717) is 11.1 Å². The number of nitrogens with two attached hydrogens (primary N) is 4. The van der Waals surface area contributed by atoms with Crippen molar-refractivity contribution in [2.45, 2.75) is 120 Å². The molecule has 2 heterocycles. The number of H-pyrrole nitrogens is 1. The molecule has 76 heavy (non-hydrogen) atoms. The van der Waals surface area contributed by atoms with Crippen molar-refractivity contribution < 1.29 is 38.4 Å². The highest BCUT2D eigenvalue weighted by molar-refractivity contribution is 6.35. The Morgan fingerprint density at radius 1 is 0.763 bits per heavy atom. The van der Waals surface area contributed by atoms with Gasteiger partial charge in [0.25, 0.3) is 0 Å². The number of carbonyl (C=O) groups excluding carboxylic acids is 8. The number of amides is 8. The van der Waals surface area contributed by atoms with Crippen LogP contribution in [0.15, 0.2) is 60.9 Å². The van der Waals surface area contributed by atoms with Crippen LogP contribution in [0.4, 0.5) is 0 Å². The van der Waals surface area contributed by atoms with Gasteiger partial charge in [-0.15, -0.1) is 0 Å². The molecule has 1 unspecified atom stereocenters. The summed E-state index contributed by atoms with van der Waals surface area (Å²) in [4.78, 5) is 115. The first-order valence-electron chi connectivity index (χ1n) is 24.8. The third-order valence-corrected chi connectivity index (χ3v) is 12.8. The van der Waals surface area contributed by atoms with Gasteiger partial charge in [-0.05, 0) is 87.2 Å². The molecule has 414 valence electrons. The molecule has 2 aromatic carbocycles. The van der Waals surface area contributed by atoms with Crippen LogP contribution >= 0.6 is 23.2 Å². The van der Waals surface area contributed by atoms with Crippen molar-refractivity contribution in [3.63, 3.8) is 0 Å². The van der Waals surface area contributed by atoms with Gasteiger partial charge in [0.1, 0.15) is 36.3 Å². The molecule has 21 N–H and O–H groups in total. The number of aromatic amines is 1. The average molecular weight is 1100 g/mol. The lowest BCUT2D eigenvalue weighted by atomic mass is 10.0. The zero-order chi connectivity index (χ0) is 55.9. The van der Waals surface area contributed by atoms with Crippen LogP contribution in [0.1, 0.15) is 75.8 Å². The molecule has 7 atom stereocenters. The molecular formula is C49H71Cl2N17O8. The largest absolute Gasteiger partial charge is 0.401 e. The summed E-state index contributed by atoms with van der Waals surface area (Å²) in [6.07, 6.45) is 1.52. The lowest BCUT2D eigenvalue weighted by Gasteiger charge is -2.28. The summed E-state index contributed by atoms with van der Waals surface area (Å²) in [7, 11) is 0. The standard InChI is InChI=1S/C49H71Cl2N17O8/c1-26(53)33-10-5-19-58-41(70)16-15-37(65-42(71)35(62-27(2)69)11-6-20-59-48(54)55)44(73)66-38(17-18-52)45(74)67-39(22-28-13-14-30(50)24-32(28)51)47(76)64-36(12-7-21-60-49(56)57)43(72)68-40(46(75)63-33)23-29-25-61-34-9-4-3-8-31(29)34/h3-4,8-9,13-14,24-25,33,35-40,61H,1,5-7,10-12,15-23,52-53H2,2H3,(H,58,70)(H,62,69)(H,63,75)(H,64,76)(H,65,71)(H,66,73)(H,67,74)(H,68,72)(H4,54,55,59)(H4,56,57,60)/t33?,35-,36-,37-,38-,39+,40-/m0/s1. The Hall–Kier alpha value is -7.64. The molecule has 0 radical (unpaired) electrons. The Balaban J connectivity index is 1.78. The number of halogens is 2. The summed E-state index contributed by atoms with van der Waals surface area (Å²) < 4.78 is 0. The van der Waals surface area contributed by atoms with E-state index in [1.165, 1.54) is 19.1 Å². The number of carbonyl (C=O) groups is 8. The third kappa shape index (κ3) is 20.2. The third-order valence-electron chi connectivity index (χ3n) is 12.2. The number of hydrogen-bond acceptors (Lipinski definition) is 12. The second kappa shape index (κ2) is 30.7. The SMILES string of the molecule is C=C(N)C1CCCNC(=O)CC[C@H](NC(=O)[C@H](CCCNC(=N)N)NC(C)=O)C(=O)N[C@@H](CCN)C(=O)N[C@H](Cc2ccc(Cl)cc2Cl)C(=O)N[C@@H](CCCNC(=N)N)C(=O)N[C@@H](Cc2c[nH]c3ccccc23)C(=O)N1. The first-order chi connectivity index (χ1) is 36.1. The molecule has 0 saturated carbocycles. The van der Waals surface area contributed by atoms with E-state index in [-0.39, 0.29) is 124 Å². The Kier molecular flexibility index (Phi) is 24.6. The molecule has 1 fully saturated rings. The second-order valence-electron chi connectivity index (χ2n) is 18.3. The quantitative estimate of drug-likeness (QED) is 0.0401. The smallest absolute Gasteiger partial charge is 0.243 e. The average Bonchev–Trinajstić information content (AvgIpc) is 3.77. The Bertz CT molecular complexity index is 2580. The topological polar surface area (TPSA) is 424 Å². The molecular weight excluding hydrogens is 1030 g/mol. The van der Waals surface area contributed by atoms with E-state index in [4.69, 9.17) is 57.0 Å². The van der Waals surface area contributed by atoms with Gasteiger partial charge < -0.3 is 81.1 Å². The van der Waals surface area contributed by atoms with Crippen molar-refractivity contribution >= 4 is 93.3 Å². The van der Waals surface area contributed by atoms with E-state index in [0.717, 1.165) is 10.9 Å². The number of fused-ring (bicyclic) bond motifs is 1. The van der Waals surface area contributed by atoms with E-state index in [1.807, 2.05) is 24.3 Å². The monoisotopic (exact) mass is 1100 g/mol. The Morgan fingerprint density at radius 2 is 1.36 bits per heavy atom. The number of rotatable bonds is 18. The van der Waals surface area contributed by atoms with Gasteiger partial charge >= 0.3 is 0 Å². The van der Waals surface area contributed by atoms with Gasteiger partial charge in [-0.1, -0.05) is 54.0 Å². The summed E-state index contributed by atoms with van der Waals surface area (Å²) in [5.74, 6) is -6.63. The fraction of sp³-hybridized carbons (Fsp3) is 0.469. The first kappa shape index (κ1) is 60.9. The van der Waals surface area contributed by atoms with E-state index in [9.17, 15) is 38.4 Å². The van der Waals surface area contributed by atoms with Crippen molar-refractivity contribution in [2.24, 2.45) is 22.9 Å². The maximum atomic E-state index is 14.7. The van der Waals surface area contributed by atoms with Gasteiger partial charge in [-0.3, -0.25) is 49.2 Å². The number of benzene rings is 2. The van der Waals surface area contributed by atoms with Crippen molar-refractivity contribution in [1.82, 2.24) is 58.2 Å². The van der Waals surface area contributed by atoms with E-state index in [2.05, 4.69) is 64.7 Å². The predicted octanol–water partition coefficient (Wildman–Crippen LogP) is -1.29. The van der Waals surface area contributed by atoms with Crippen LogP contribution in [-0.4, -0.2) is 133 Å². The van der Waals surface area contributed by atoms with Crippen LogP contribution < -0.4 is 76.1 Å². The van der Waals surface area contributed by atoms with Crippen LogP contribution in [0.2, 0.25) is 10.0 Å². The molecule has 4 rings (SSSR count). The van der Waals surface area contributed by atoms with Crippen molar-refractivity contribution in [1.29, 1.82) is 10.8 Å². The lowest BCUT2D eigenvalue weighted by Crippen LogP contribution is -2.60. The Labute approximate surface area is 450 Å². The molecule has 27 heteroatoms. The van der Waals surface area contributed by atoms with E-state index in [1.54, 1.807) is 12.3 Å². The molecule has 8 amide bonds. The van der Waals surface area contributed by atoms with Crippen molar-refractivity contribution in [2.75, 3.05) is 26.2 Å². The maximum absolute atomic E-state index is 14.7. The normalized spacial score (nSPS) is 21.0. The summed E-state index contributed by atoms with van der Waals surface area (Å²) >= 11 is 12.8. The number of nitrogens with one attached hydrogen (secondary N) is 13. The zero-order valence-corrected chi connectivity index (χ0v) is 43.8. The first-order valence-corrected chi connectivity index (χ1v) is 25.6. The molecule has 0 bridgehead atoms. The van der Waals surface area contributed by atoms with Gasteiger partial charge in [0, 0.05) is 78.7 Å². The van der Waals surface area contributed by atoms with Gasteiger partial charge in [-0.25, -0.2) is 0 Å². The maximum Gasteiger partial charge on any atom is 0.243 e. The number of guanidine groups is 2. The van der Waals surface area contributed by atoms with Crippen molar-refractivity contribution in [3.05, 3.63) is 82.1 Å². The lowest BCUT2D eigenvalue weighted by molar-refractivity contribution is -0.135. The van der Waals surface area contributed by atoms with Crippen LogP contribution in [0, 0.1) is 10.8 Å². The second-order valence-corrected chi connectivity index (χ2v) is 19.1. The van der Waals surface area contributed by atoms with Crippen LogP contribution in [0.3, 0.4) is 0 Å². The molecule has 1 aliphatic rings. The fourth-order valence-electron chi connectivity index (χ4n) is 8.27. The van der Waals surface area contributed by atoms with Crippen molar-refractivity contribution in [3.8, 4) is 0 Å². The molecule has 1 aliphatic heterocycles. The predicted molar refractivity (Wildman–Crippen MR) is 288 cm³/mol. The zero-order valence-electron chi connectivity index (χ0n) is 42.3. The van der Waals surface area contributed by atoms with Crippen LogP contribution in [0.5, 0.6) is 0 Å². The highest BCUT2D eigenvalue weighted by Gasteiger charge is 2.35.